The number of benzene rings is 4. The van der Waals surface area contributed by atoms with Crippen LogP contribution in [0.2, 0.25) is 10.0 Å². The molecule has 4 aromatic carbocycles. The summed E-state index contributed by atoms with van der Waals surface area (Å²) in [5, 5.41) is 4.61. The van der Waals surface area contributed by atoms with Crippen molar-refractivity contribution in [1.82, 2.24) is 5.43 Å². The number of rotatable bonds is 8. The molecule has 0 saturated carbocycles. The molecule has 0 saturated heterocycles. The third-order valence-electron chi connectivity index (χ3n) is 5.27. The summed E-state index contributed by atoms with van der Waals surface area (Å²) in [7, 11) is 0. The predicted molar refractivity (Wildman–Crippen MR) is 146 cm³/mol. The molecule has 186 valence electrons. The highest BCUT2D eigenvalue weighted by Crippen LogP contribution is 2.24. The minimum absolute atomic E-state index is 0.208. The number of carbonyl (C=O) groups is 2. The Morgan fingerprint density at radius 1 is 0.838 bits per heavy atom. The van der Waals surface area contributed by atoms with E-state index in [-0.39, 0.29) is 10.6 Å². The summed E-state index contributed by atoms with van der Waals surface area (Å²) < 4.78 is 11.1. The van der Waals surface area contributed by atoms with E-state index in [9.17, 15) is 9.59 Å². The molecule has 1 atom stereocenters. The first-order valence-corrected chi connectivity index (χ1v) is 12.1. The molecule has 0 aliphatic carbocycles. The second-order valence-electron chi connectivity index (χ2n) is 7.97. The number of ether oxygens (including phenoxy) is 2. The van der Waals surface area contributed by atoms with Crippen molar-refractivity contribution in [3.05, 3.63) is 118 Å². The number of esters is 1. The number of nitrogens with zero attached hydrogens (tertiary/aromatic N) is 1. The fourth-order valence-electron chi connectivity index (χ4n) is 3.31. The number of amides is 1. The topological polar surface area (TPSA) is 77.0 Å². The summed E-state index contributed by atoms with van der Waals surface area (Å²) >= 11 is 11.9. The summed E-state index contributed by atoms with van der Waals surface area (Å²) in [4.78, 5) is 24.7. The van der Waals surface area contributed by atoms with Crippen LogP contribution in [0.3, 0.4) is 0 Å². The van der Waals surface area contributed by atoms with Gasteiger partial charge in [0.25, 0.3) is 5.91 Å². The minimum atomic E-state index is -0.749. The van der Waals surface area contributed by atoms with E-state index < -0.39 is 18.0 Å². The Morgan fingerprint density at radius 3 is 2.16 bits per heavy atom. The van der Waals surface area contributed by atoms with Gasteiger partial charge in [0, 0.05) is 5.02 Å². The van der Waals surface area contributed by atoms with Crippen LogP contribution in [0.1, 0.15) is 22.8 Å². The van der Waals surface area contributed by atoms with Gasteiger partial charge in [0.1, 0.15) is 11.5 Å². The van der Waals surface area contributed by atoms with E-state index >= 15 is 0 Å². The molecule has 4 aromatic rings. The number of nitrogens with one attached hydrogen (secondary N) is 1. The number of carbonyl (C=O) groups excluding carboxylic acids is 2. The highest BCUT2D eigenvalue weighted by atomic mass is 35.5. The van der Waals surface area contributed by atoms with Crippen molar-refractivity contribution in [3.63, 3.8) is 0 Å². The number of hydrazone groups is 1. The van der Waals surface area contributed by atoms with Crippen molar-refractivity contribution in [3.8, 4) is 22.6 Å². The lowest BCUT2D eigenvalue weighted by Gasteiger charge is -2.13. The fraction of sp³-hybridized carbons (Fsp3) is 0.0690. The maximum Gasteiger partial charge on any atom is 0.345 e. The van der Waals surface area contributed by atoms with Gasteiger partial charge >= 0.3 is 5.97 Å². The highest BCUT2D eigenvalue weighted by Gasteiger charge is 2.15. The van der Waals surface area contributed by atoms with Gasteiger partial charge in [-0.05, 0) is 78.2 Å². The van der Waals surface area contributed by atoms with Crippen molar-refractivity contribution in [2.45, 2.75) is 13.0 Å². The molecule has 0 fully saturated rings. The van der Waals surface area contributed by atoms with Crippen LogP contribution in [-0.4, -0.2) is 24.2 Å². The summed E-state index contributed by atoms with van der Waals surface area (Å²) in [5.41, 5.74) is 5.53. The lowest BCUT2D eigenvalue weighted by molar-refractivity contribution is -0.127. The zero-order valence-corrected chi connectivity index (χ0v) is 21.2. The first-order chi connectivity index (χ1) is 17.9. The van der Waals surface area contributed by atoms with Crippen molar-refractivity contribution in [1.29, 1.82) is 0 Å². The smallest absolute Gasteiger partial charge is 0.345 e. The molecule has 0 heterocycles. The van der Waals surface area contributed by atoms with Gasteiger partial charge in [-0.25, -0.2) is 10.2 Å². The number of hydrogen-bond donors (Lipinski definition) is 1. The Kier molecular flexibility index (Phi) is 8.56. The van der Waals surface area contributed by atoms with Gasteiger partial charge in [0.2, 0.25) is 0 Å². The van der Waals surface area contributed by atoms with Gasteiger partial charge in [-0.2, -0.15) is 5.10 Å². The minimum Gasteiger partial charge on any atom is -0.481 e. The van der Waals surface area contributed by atoms with Crippen molar-refractivity contribution in [2.75, 3.05) is 0 Å². The van der Waals surface area contributed by atoms with Gasteiger partial charge in [-0.1, -0.05) is 65.7 Å². The fourth-order valence-corrected chi connectivity index (χ4v) is 3.80. The third kappa shape index (κ3) is 7.19. The van der Waals surface area contributed by atoms with E-state index in [1.165, 1.54) is 18.3 Å². The van der Waals surface area contributed by atoms with E-state index in [2.05, 4.69) is 10.5 Å². The lowest BCUT2D eigenvalue weighted by atomic mass is 10.1. The van der Waals surface area contributed by atoms with Crippen LogP contribution in [0.15, 0.2) is 102 Å². The molecule has 0 bridgehead atoms. The van der Waals surface area contributed by atoms with Gasteiger partial charge < -0.3 is 9.47 Å². The van der Waals surface area contributed by atoms with E-state index in [4.69, 9.17) is 32.7 Å². The van der Waals surface area contributed by atoms with Crippen molar-refractivity contribution >= 4 is 41.3 Å². The molecular formula is C29H22Cl2N2O4. The average molecular weight is 533 g/mol. The van der Waals surface area contributed by atoms with E-state index in [0.717, 1.165) is 11.1 Å². The van der Waals surface area contributed by atoms with Crippen molar-refractivity contribution in [2.24, 2.45) is 5.10 Å². The van der Waals surface area contributed by atoms with E-state index in [1.807, 2.05) is 54.6 Å². The molecule has 4 rings (SSSR count). The lowest BCUT2D eigenvalue weighted by Crippen LogP contribution is -2.33. The van der Waals surface area contributed by atoms with E-state index in [1.54, 1.807) is 37.3 Å². The molecule has 0 aromatic heterocycles. The molecule has 0 spiro atoms. The standard InChI is InChI=1S/C29H22Cl2N2O4/c1-19(36-24-14-9-22(10-15-24)21-5-3-2-4-6-21)28(34)33-32-18-20-7-12-25(13-8-20)37-29(35)26-16-11-23(30)17-27(26)31/h2-19H,1H3,(H,33,34)/b32-18-/t19-/m1/s1. The molecular weight excluding hydrogens is 511 g/mol. The third-order valence-corrected chi connectivity index (χ3v) is 5.82. The van der Waals surface area contributed by atoms with Gasteiger partial charge in [-0.3, -0.25) is 4.79 Å². The molecule has 0 aliphatic rings. The molecule has 8 heteroatoms. The summed E-state index contributed by atoms with van der Waals surface area (Å²) in [6, 6.07) is 28.7. The normalized spacial score (nSPS) is 11.6. The average Bonchev–Trinajstić information content (AvgIpc) is 2.90. The quantitative estimate of drug-likeness (QED) is 0.117. The molecule has 6 nitrogen and oxygen atoms in total. The molecule has 0 unspecified atom stereocenters. The van der Waals surface area contributed by atoms with Crippen LogP contribution in [0.5, 0.6) is 11.5 Å². The van der Waals surface area contributed by atoms with Crippen LogP contribution in [0.25, 0.3) is 11.1 Å². The van der Waals surface area contributed by atoms with Gasteiger partial charge in [0.05, 0.1) is 16.8 Å². The Bertz CT molecular complexity index is 1410. The highest BCUT2D eigenvalue weighted by molar-refractivity contribution is 6.36. The van der Waals surface area contributed by atoms with Crippen LogP contribution in [-0.2, 0) is 4.79 Å². The Balaban J connectivity index is 1.26. The Labute approximate surface area is 224 Å². The van der Waals surface area contributed by atoms with Crippen LogP contribution >= 0.6 is 23.2 Å². The first-order valence-electron chi connectivity index (χ1n) is 11.3. The number of hydrogen-bond acceptors (Lipinski definition) is 5. The molecule has 1 amide bonds. The van der Waals surface area contributed by atoms with Gasteiger partial charge in [-0.15, -0.1) is 0 Å². The summed E-state index contributed by atoms with van der Waals surface area (Å²) in [5.74, 6) is -0.0818. The zero-order chi connectivity index (χ0) is 26.2. The molecule has 0 aliphatic heterocycles. The predicted octanol–water partition coefficient (Wildman–Crippen LogP) is 6.80. The summed E-state index contributed by atoms with van der Waals surface area (Å²) in [6.07, 6.45) is 0.724. The first kappa shape index (κ1) is 25.9. The largest absolute Gasteiger partial charge is 0.481 e. The van der Waals surface area contributed by atoms with Crippen LogP contribution in [0.4, 0.5) is 0 Å². The van der Waals surface area contributed by atoms with E-state index in [0.29, 0.717) is 22.1 Å². The molecule has 37 heavy (non-hydrogen) atoms. The van der Waals surface area contributed by atoms with Gasteiger partial charge in [0.15, 0.2) is 6.10 Å². The number of halogens is 2. The molecule has 1 N–H and O–H groups in total. The monoisotopic (exact) mass is 532 g/mol. The second kappa shape index (κ2) is 12.2. The zero-order valence-electron chi connectivity index (χ0n) is 19.7. The Morgan fingerprint density at radius 2 is 1.49 bits per heavy atom. The molecule has 0 radical (unpaired) electrons. The van der Waals surface area contributed by atoms with Crippen LogP contribution in [0, 0.1) is 0 Å². The SMILES string of the molecule is C[C@@H](Oc1ccc(-c2ccccc2)cc1)C(=O)N/N=C\c1ccc(OC(=O)c2ccc(Cl)cc2Cl)cc1. The van der Waals surface area contributed by atoms with Crippen LogP contribution < -0.4 is 14.9 Å². The maximum absolute atomic E-state index is 12.4. The Hall–Kier alpha value is -4.13. The maximum atomic E-state index is 12.4. The summed E-state index contributed by atoms with van der Waals surface area (Å²) in [6.45, 7) is 1.64. The van der Waals surface area contributed by atoms with Crippen molar-refractivity contribution < 1.29 is 19.1 Å². The second-order valence-corrected chi connectivity index (χ2v) is 8.81.